The molecule has 2 fully saturated rings. The Morgan fingerprint density at radius 1 is 0.882 bits per heavy atom. The summed E-state index contributed by atoms with van der Waals surface area (Å²) in [6, 6.07) is 10.1. The van der Waals surface area contributed by atoms with Crippen LogP contribution in [0.3, 0.4) is 0 Å². The van der Waals surface area contributed by atoms with E-state index in [1.807, 2.05) is 0 Å². The van der Waals surface area contributed by atoms with Crippen LogP contribution >= 0.6 is 22.9 Å². The maximum absolute atomic E-state index is 13.1. The Bertz CT molecular complexity index is 1040. The molecule has 0 saturated carbocycles. The molecule has 10 heteroatoms. The molecule has 0 radical (unpaired) electrons. The average molecular weight is 525 g/mol. The highest BCUT2D eigenvalue weighted by Crippen LogP contribution is 2.26. The molecule has 0 aliphatic carbocycles. The number of hydrogen-bond donors (Lipinski definition) is 1. The summed E-state index contributed by atoms with van der Waals surface area (Å²) in [7, 11) is -3.51. The highest BCUT2D eigenvalue weighted by Gasteiger charge is 2.29. The van der Waals surface area contributed by atoms with Crippen molar-refractivity contribution >= 4 is 38.9 Å². The standard InChI is InChI=1S/C24H33ClN4O3S2/c25-21-7-5-20(6-8-21)24(30)26-19-22-9-10-23(33-22)34(31,32)29-17-15-28(16-18-29)14-4-13-27-11-2-1-3-12-27/h5-10H,1-4,11-19H2,(H,26,30). The molecule has 0 unspecified atom stereocenters. The Labute approximate surface area is 211 Å². The molecule has 7 nitrogen and oxygen atoms in total. The topological polar surface area (TPSA) is 73.0 Å². The van der Waals surface area contributed by atoms with E-state index >= 15 is 0 Å². The Balaban J connectivity index is 1.22. The lowest BCUT2D eigenvalue weighted by molar-refractivity contribution is 0.0951. The highest BCUT2D eigenvalue weighted by molar-refractivity contribution is 7.91. The molecule has 0 atom stereocenters. The minimum Gasteiger partial charge on any atom is -0.347 e. The maximum Gasteiger partial charge on any atom is 0.252 e. The van der Waals surface area contributed by atoms with Gasteiger partial charge in [-0.25, -0.2) is 8.42 Å². The molecule has 2 aliphatic rings. The molecule has 4 rings (SSSR count). The SMILES string of the molecule is O=C(NCc1ccc(S(=O)(=O)N2CCN(CCCN3CCCCC3)CC2)s1)c1ccc(Cl)cc1. The molecular weight excluding hydrogens is 492 g/mol. The minimum atomic E-state index is -3.51. The zero-order chi connectivity index (χ0) is 24.0. The maximum atomic E-state index is 13.1. The van der Waals surface area contributed by atoms with Gasteiger partial charge in [0.2, 0.25) is 0 Å². The van der Waals surface area contributed by atoms with E-state index in [4.69, 9.17) is 11.6 Å². The van der Waals surface area contributed by atoms with Gasteiger partial charge in [0.25, 0.3) is 15.9 Å². The van der Waals surface area contributed by atoms with Gasteiger partial charge in [0.15, 0.2) is 0 Å². The van der Waals surface area contributed by atoms with Crippen LogP contribution in [0.2, 0.25) is 5.02 Å². The summed E-state index contributed by atoms with van der Waals surface area (Å²) in [5.41, 5.74) is 0.516. The Hall–Kier alpha value is -1.49. The number of piperazine rings is 1. The number of carbonyl (C=O) groups excluding carboxylic acids is 1. The van der Waals surface area contributed by atoms with Crippen molar-refractivity contribution in [3.05, 3.63) is 51.9 Å². The van der Waals surface area contributed by atoms with Crippen LogP contribution in [0.4, 0.5) is 0 Å². The van der Waals surface area contributed by atoms with Crippen molar-refractivity contribution < 1.29 is 13.2 Å². The molecule has 2 aliphatic heterocycles. The third kappa shape index (κ3) is 6.80. The van der Waals surface area contributed by atoms with E-state index in [1.54, 1.807) is 40.7 Å². The third-order valence-electron chi connectivity index (χ3n) is 6.49. The van der Waals surface area contributed by atoms with Crippen LogP contribution in [0.5, 0.6) is 0 Å². The number of nitrogens with one attached hydrogen (secondary N) is 1. The van der Waals surface area contributed by atoms with Gasteiger partial charge in [-0.15, -0.1) is 11.3 Å². The summed E-state index contributed by atoms with van der Waals surface area (Å²) in [6.07, 6.45) is 5.13. The van der Waals surface area contributed by atoms with E-state index in [-0.39, 0.29) is 12.5 Å². The molecule has 34 heavy (non-hydrogen) atoms. The van der Waals surface area contributed by atoms with Gasteiger partial charge in [0.05, 0.1) is 6.54 Å². The molecule has 1 aromatic heterocycles. The first-order chi connectivity index (χ1) is 16.4. The molecule has 0 spiro atoms. The number of piperidine rings is 1. The number of nitrogens with zero attached hydrogens (tertiary/aromatic N) is 3. The number of thiophene rings is 1. The number of likely N-dealkylation sites (tertiary alicyclic amines) is 1. The normalized spacial score (nSPS) is 18.7. The van der Waals surface area contributed by atoms with Gasteiger partial charge in [-0.1, -0.05) is 18.0 Å². The lowest BCUT2D eigenvalue weighted by atomic mass is 10.1. The Kier molecular flexibility index (Phi) is 9.01. The molecule has 2 aromatic rings. The van der Waals surface area contributed by atoms with Gasteiger partial charge in [0.1, 0.15) is 4.21 Å². The van der Waals surface area contributed by atoms with Gasteiger partial charge in [-0.2, -0.15) is 4.31 Å². The molecule has 1 aromatic carbocycles. The summed E-state index contributed by atoms with van der Waals surface area (Å²) in [5, 5.41) is 3.41. The molecule has 1 N–H and O–H groups in total. The van der Waals surface area contributed by atoms with Crippen molar-refractivity contribution in [2.75, 3.05) is 52.4 Å². The van der Waals surface area contributed by atoms with E-state index in [0.29, 0.717) is 27.9 Å². The molecule has 2 saturated heterocycles. The molecular formula is C24H33ClN4O3S2. The van der Waals surface area contributed by atoms with Crippen molar-refractivity contribution in [3.8, 4) is 0 Å². The van der Waals surface area contributed by atoms with E-state index in [1.165, 1.54) is 43.7 Å². The summed E-state index contributed by atoms with van der Waals surface area (Å²) in [6.45, 7) is 7.49. The van der Waals surface area contributed by atoms with E-state index in [2.05, 4.69) is 15.1 Å². The third-order valence-corrected chi connectivity index (χ3v) is 10.2. The van der Waals surface area contributed by atoms with Crippen LogP contribution in [0.15, 0.2) is 40.6 Å². The number of rotatable bonds is 9. The summed E-state index contributed by atoms with van der Waals surface area (Å²) in [4.78, 5) is 18.0. The van der Waals surface area contributed by atoms with Gasteiger partial charge in [-0.05, 0) is 81.8 Å². The lowest BCUT2D eigenvalue weighted by Crippen LogP contribution is -2.48. The van der Waals surface area contributed by atoms with Crippen molar-refractivity contribution in [3.63, 3.8) is 0 Å². The minimum absolute atomic E-state index is 0.217. The molecule has 3 heterocycles. The largest absolute Gasteiger partial charge is 0.347 e. The van der Waals surface area contributed by atoms with E-state index in [0.717, 1.165) is 37.5 Å². The van der Waals surface area contributed by atoms with Crippen LogP contribution in [-0.2, 0) is 16.6 Å². The number of hydrogen-bond acceptors (Lipinski definition) is 6. The Morgan fingerprint density at radius 2 is 1.53 bits per heavy atom. The van der Waals surface area contributed by atoms with Crippen LogP contribution in [0.1, 0.15) is 40.9 Å². The van der Waals surface area contributed by atoms with Gasteiger partial charge < -0.3 is 15.1 Å². The number of amides is 1. The number of halogens is 1. The van der Waals surface area contributed by atoms with Crippen LogP contribution in [0, 0.1) is 0 Å². The Morgan fingerprint density at radius 3 is 2.21 bits per heavy atom. The van der Waals surface area contributed by atoms with E-state index in [9.17, 15) is 13.2 Å². The van der Waals surface area contributed by atoms with Gasteiger partial charge >= 0.3 is 0 Å². The smallest absolute Gasteiger partial charge is 0.252 e. The molecule has 186 valence electrons. The van der Waals surface area contributed by atoms with Gasteiger partial charge in [-0.3, -0.25) is 4.79 Å². The number of benzene rings is 1. The quantitative estimate of drug-likeness (QED) is 0.543. The predicted octanol–water partition coefficient (Wildman–Crippen LogP) is 3.51. The summed E-state index contributed by atoms with van der Waals surface area (Å²) in [5.74, 6) is -0.217. The van der Waals surface area contributed by atoms with Crippen molar-refractivity contribution in [1.29, 1.82) is 0 Å². The van der Waals surface area contributed by atoms with Crippen molar-refractivity contribution in [2.45, 2.75) is 36.4 Å². The first-order valence-electron chi connectivity index (χ1n) is 12.0. The van der Waals surface area contributed by atoms with Crippen LogP contribution in [-0.4, -0.2) is 80.8 Å². The highest BCUT2D eigenvalue weighted by atomic mass is 35.5. The fourth-order valence-electron chi connectivity index (χ4n) is 4.48. The molecule has 0 bridgehead atoms. The van der Waals surface area contributed by atoms with E-state index < -0.39 is 10.0 Å². The second-order valence-corrected chi connectivity index (χ2v) is 12.7. The zero-order valence-electron chi connectivity index (χ0n) is 19.4. The zero-order valence-corrected chi connectivity index (χ0v) is 21.8. The average Bonchev–Trinajstić information content (AvgIpc) is 3.34. The number of sulfonamides is 1. The molecule has 1 amide bonds. The van der Waals surface area contributed by atoms with Crippen molar-refractivity contribution in [2.24, 2.45) is 0 Å². The second-order valence-electron chi connectivity index (χ2n) is 8.91. The van der Waals surface area contributed by atoms with Crippen LogP contribution in [0.25, 0.3) is 0 Å². The van der Waals surface area contributed by atoms with Crippen LogP contribution < -0.4 is 5.32 Å². The van der Waals surface area contributed by atoms with Crippen molar-refractivity contribution in [1.82, 2.24) is 19.4 Å². The number of carbonyl (C=O) groups is 1. The first-order valence-corrected chi connectivity index (χ1v) is 14.6. The summed E-state index contributed by atoms with van der Waals surface area (Å²) >= 11 is 7.08. The lowest BCUT2D eigenvalue weighted by Gasteiger charge is -2.34. The fraction of sp³-hybridized carbons (Fsp3) is 0.542. The first kappa shape index (κ1) is 25.6. The summed E-state index contributed by atoms with van der Waals surface area (Å²) < 4.78 is 28.2. The fourth-order valence-corrected chi connectivity index (χ4v) is 7.48. The van der Waals surface area contributed by atoms with Gasteiger partial charge in [0, 0.05) is 41.6 Å². The predicted molar refractivity (Wildman–Crippen MR) is 137 cm³/mol. The monoisotopic (exact) mass is 524 g/mol. The second kappa shape index (κ2) is 12.0.